The summed E-state index contributed by atoms with van der Waals surface area (Å²) in [5, 5.41) is 4.13. The number of aromatic nitrogens is 2. The second kappa shape index (κ2) is 7.64. The summed E-state index contributed by atoms with van der Waals surface area (Å²) in [4.78, 5) is 20.9. The van der Waals surface area contributed by atoms with E-state index in [2.05, 4.69) is 15.3 Å². The molecule has 6 heteroatoms. The molecule has 1 fully saturated rings. The summed E-state index contributed by atoms with van der Waals surface area (Å²) in [5.41, 5.74) is 8.36. The van der Waals surface area contributed by atoms with Crippen LogP contribution in [0.3, 0.4) is 0 Å². The van der Waals surface area contributed by atoms with Crippen molar-refractivity contribution in [2.45, 2.75) is 25.7 Å². The van der Waals surface area contributed by atoms with Crippen molar-refractivity contribution in [2.24, 2.45) is 11.7 Å². The molecule has 0 radical (unpaired) electrons. The lowest BCUT2D eigenvalue weighted by Crippen LogP contribution is -2.42. The predicted molar refractivity (Wildman–Crippen MR) is 107 cm³/mol. The Morgan fingerprint density at radius 2 is 2.04 bits per heavy atom. The fourth-order valence-electron chi connectivity index (χ4n) is 3.94. The zero-order valence-corrected chi connectivity index (χ0v) is 15.8. The first-order valence-corrected chi connectivity index (χ1v) is 9.53. The average Bonchev–Trinajstić information content (AvgIpc) is 2.62. The number of nitrogens with zero attached hydrogens (tertiary/aromatic N) is 2. The van der Waals surface area contributed by atoms with Gasteiger partial charge in [-0.15, -0.1) is 0 Å². The topological polar surface area (TPSA) is 80.9 Å². The summed E-state index contributed by atoms with van der Waals surface area (Å²) in [6.07, 6.45) is 1.61. The van der Waals surface area contributed by atoms with Crippen LogP contribution in [0.25, 0.3) is 10.9 Å². The number of benzene rings is 2. The number of nitrogens with two attached hydrogens (primary N) is 1. The van der Waals surface area contributed by atoms with Gasteiger partial charge in [0.25, 0.3) is 5.91 Å². The van der Waals surface area contributed by atoms with Gasteiger partial charge in [-0.2, -0.15) is 0 Å². The number of amides is 1. The Labute approximate surface area is 163 Å². The maximum Gasteiger partial charge on any atom is 0.250 e. The number of para-hydroxylation sites is 1. The molecule has 0 spiro atoms. The molecule has 1 aliphatic rings. The van der Waals surface area contributed by atoms with E-state index in [0.29, 0.717) is 29.2 Å². The van der Waals surface area contributed by atoms with Gasteiger partial charge in [0.05, 0.1) is 16.8 Å². The molecular weight excluding hydrogens is 355 g/mol. The van der Waals surface area contributed by atoms with E-state index in [-0.39, 0.29) is 11.7 Å². The molecule has 1 atom stereocenters. The van der Waals surface area contributed by atoms with Crippen molar-refractivity contribution in [3.8, 4) is 0 Å². The minimum atomic E-state index is -0.503. The molecule has 1 saturated heterocycles. The van der Waals surface area contributed by atoms with Crippen molar-refractivity contribution in [1.29, 1.82) is 0 Å². The van der Waals surface area contributed by atoms with E-state index < -0.39 is 5.91 Å². The van der Waals surface area contributed by atoms with Crippen molar-refractivity contribution in [1.82, 2.24) is 15.3 Å². The highest BCUT2D eigenvalue weighted by molar-refractivity contribution is 6.05. The minimum Gasteiger partial charge on any atom is -0.366 e. The van der Waals surface area contributed by atoms with Crippen molar-refractivity contribution < 1.29 is 9.18 Å². The van der Waals surface area contributed by atoms with Crippen LogP contribution in [0.2, 0.25) is 0 Å². The second-order valence-corrected chi connectivity index (χ2v) is 7.50. The van der Waals surface area contributed by atoms with E-state index in [1.165, 1.54) is 6.07 Å². The number of aryl methyl sites for hydroxylation is 1. The molecule has 4 rings (SSSR count). The molecule has 144 valence electrons. The standard InChI is InChI=1S/C22H23FN4O/c1-13-26-20(18-6-3-7-19(22(24)28)21(18)27-13)10-16(8-14-11-25-12-14)15-4-2-5-17(23)9-15/h2-7,9,14,16,25H,8,10-12H2,1H3,(H2,24,28)/t16-/m0/s1. The summed E-state index contributed by atoms with van der Waals surface area (Å²) >= 11 is 0. The minimum absolute atomic E-state index is 0.137. The van der Waals surface area contributed by atoms with Gasteiger partial charge in [-0.3, -0.25) is 4.79 Å². The Morgan fingerprint density at radius 1 is 1.25 bits per heavy atom. The van der Waals surface area contributed by atoms with E-state index in [1.807, 2.05) is 19.1 Å². The molecule has 2 heterocycles. The monoisotopic (exact) mass is 378 g/mol. The van der Waals surface area contributed by atoms with E-state index in [0.717, 1.165) is 36.2 Å². The molecule has 3 N–H and O–H groups in total. The molecule has 0 saturated carbocycles. The highest BCUT2D eigenvalue weighted by Crippen LogP contribution is 2.31. The number of nitrogens with one attached hydrogen (secondary N) is 1. The van der Waals surface area contributed by atoms with Crippen LogP contribution in [0.5, 0.6) is 0 Å². The lowest BCUT2D eigenvalue weighted by molar-refractivity contribution is 0.100. The van der Waals surface area contributed by atoms with Crippen molar-refractivity contribution >= 4 is 16.8 Å². The second-order valence-electron chi connectivity index (χ2n) is 7.50. The average molecular weight is 378 g/mol. The van der Waals surface area contributed by atoms with Gasteiger partial charge < -0.3 is 11.1 Å². The van der Waals surface area contributed by atoms with Crippen LogP contribution in [0.1, 0.15) is 39.8 Å². The first kappa shape index (κ1) is 18.5. The predicted octanol–water partition coefficient (Wildman–Crippen LogP) is 3.11. The van der Waals surface area contributed by atoms with Gasteiger partial charge >= 0.3 is 0 Å². The smallest absolute Gasteiger partial charge is 0.250 e. The Bertz CT molecular complexity index is 1030. The highest BCUT2D eigenvalue weighted by atomic mass is 19.1. The molecule has 5 nitrogen and oxygen atoms in total. The number of carbonyl (C=O) groups excluding carboxylic acids is 1. The summed E-state index contributed by atoms with van der Waals surface area (Å²) in [5.74, 6) is 0.575. The number of rotatable bonds is 6. The van der Waals surface area contributed by atoms with Crippen molar-refractivity contribution in [3.05, 3.63) is 70.9 Å². The first-order valence-electron chi connectivity index (χ1n) is 9.53. The molecule has 1 aliphatic heterocycles. The Balaban J connectivity index is 1.76. The molecule has 28 heavy (non-hydrogen) atoms. The van der Waals surface area contributed by atoms with E-state index in [9.17, 15) is 9.18 Å². The summed E-state index contributed by atoms with van der Waals surface area (Å²) < 4.78 is 13.9. The van der Waals surface area contributed by atoms with Crippen LogP contribution in [0.15, 0.2) is 42.5 Å². The molecule has 1 aromatic heterocycles. The lowest BCUT2D eigenvalue weighted by Gasteiger charge is -2.31. The Kier molecular flexibility index (Phi) is 5.05. The first-order chi connectivity index (χ1) is 13.5. The number of fused-ring (bicyclic) bond motifs is 1. The SMILES string of the molecule is Cc1nc(C[C@H](CC2CNC2)c2cccc(F)c2)c2cccc(C(N)=O)c2n1. The third-order valence-corrected chi connectivity index (χ3v) is 5.43. The normalized spacial score (nSPS) is 15.4. The fourth-order valence-corrected chi connectivity index (χ4v) is 3.94. The molecule has 0 unspecified atom stereocenters. The van der Waals surface area contributed by atoms with Gasteiger partial charge in [-0.1, -0.05) is 24.3 Å². The number of primary amides is 1. The quantitative estimate of drug-likeness (QED) is 0.691. The number of halogens is 1. The van der Waals surface area contributed by atoms with Crippen molar-refractivity contribution in [3.63, 3.8) is 0 Å². The Morgan fingerprint density at radius 3 is 2.71 bits per heavy atom. The number of carbonyl (C=O) groups is 1. The summed E-state index contributed by atoms with van der Waals surface area (Å²) in [6.45, 7) is 3.79. The van der Waals surface area contributed by atoms with Gasteiger partial charge in [-0.05, 0) is 68.5 Å². The van der Waals surface area contributed by atoms with Gasteiger partial charge in [0, 0.05) is 5.39 Å². The molecular formula is C22H23FN4O. The van der Waals surface area contributed by atoms with E-state index >= 15 is 0 Å². The molecule has 0 aliphatic carbocycles. The number of hydrogen-bond acceptors (Lipinski definition) is 4. The highest BCUT2D eigenvalue weighted by Gasteiger charge is 2.25. The lowest BCUT2D eigenvalue weighted by atomic mass is 9.82. The maximum atomic E-state index is 13.9. The van der Waals surface area contributed by atoms with Crippen LogP contribution >= 0.6 is 0 Å². The van der Waals surface area contributed by atoms with E-state index in [1.54, 1.807) is 24.3 Å². The molecule has 1 amide bonds. The van der Waals surface area contributed by atoms with Gasteiger partial charge in [0.1, 0.15) is 11.6 Å². The van der Waals surface area contributed by atoms with Crippen LogP contribution in [0, 0.1) is 18.7 Å². The summed E-state index contributed by atoms with van der Waals surface area (Å²) in [6, 6.07) is 12.2. The van der Waals surface area contributed by atoms with E-state index in [4.69, 9.17) is 5.73 Å². The number of hydrogen-bond donors (Lipinski definition) is 2. The third-order valence-electron chi connectivity index (χ3n) is 5.43. The largest absolute Gasteiger partial charge is 0.366 e. The van der Waals surface area contributed by atoms with Crippen molar-refractivity contribution in [2.75, 3.05) is 13.1 Å². The van der Waals surface area contributed by atoms with Crippen LogP contribution in [0.4, 0.5) is 4.39 Å². The van der Waals surface area contributed by atoms with Crippen LogP contribution in [-0.2, 0) is 6.42 Å². The van der Waals surface area contributed by atoms with Gasteiger partial charge in [0.15, 0.2) is 0 Å². The zero-order valence-electron chi connectivity index (χ0n) is 15.8. The van der Waals surface area contributed by atoms with Crippen LogP contribution < -0.4 is 11.1 Å². The summed E-state index contributed by atoms with van der Waals surface area (Å²) in [7, 11) is 0. The maximum absolute atomic E-state index is 13.9. The molecule has 0 bridgehead atoms. The van der Waals surface area contributed by atoms with Crippen LogP contribution in [-0.4, -0.2) is 29.0 Å². The van der Waals surface area contributed by atoms with Gasteiger partial charge in [-0.25, -0.2) is 14.4 Å². The fraction of sp³-hybridized carbons (Fsp3) is 0.318. The van der Waals surface area contributed by atoms with Gasteiger partial charge in [0.2, 0.25) is 0 Å². The zero-order chi connectivity index (χ0) is 19.7. The molecule has 2 aromatic carbocycles. The molecule has 3 aromatic rings. The third kappa shape index (κ3) is 3.73. The Hall–Kier alpha value is -2.86.